The van der Waals surface area contributed by atoms with Crippen molar-refractivity contribution in [1.82, 2.24) is 0 Å². The maximum Gasteiger partial charge on any atom is 0.415 e. The lowest BCUT2D eigenvalue weighted by atomic mass is 9.90. The van der Waals surface area contributed by atoms with Gasteiger partial charge in [-0.05, 0) is 6.42 Å². The first kappa shape index (κ1) is 11.9. The molecule has 0 N–H and O–H groups in total. The minimum atomic E-state index is -5.54. The summed E-state index contributed by atoms with van der Waals surface area (Å²) >= 11 is 0. The minimum absolute atomic E-state index is 0.342. The fourth-order valence-corrected chi connectivity index (χ4v) is 4.35. The van der Waals surface area contributed by atoms with Gasteiger partial charge in [0.1, 0.15) is 0 Å². The second kappa shape index (κ2) is 3.02. The number of halogens is 6. The van der Waals surface area contributed by atoms with Crippen molar-refractivity contribution in [3.8, 4) is 0 Å². The van der Waals surface area contributed by atoms with Crippen LogP contribution in [-0.4, -0.2) is 26.6 Å². The van der Waals surface area contributed by atoms with Gasteiger partial charge in [-0.25, -0.2) is 0 Å². The molecular formula is C8H6F6OS. The Labute approximate surface area is 89.0 Å². The normalized spacial score (nSPS) is 37.0. The standard InChI is InChI=1S/C8H6F6OS/c9-7(10,11)6(8(12,13)14)4-1-2-5(3-4)16(6)15/h1-2,4-5H,3H2/t4-,5+,16?/m1/s1. The van der Waals surface area contributed by atoms with Crippen LogP contribution in [0.1, 0.15) is 6.42 Å². The highest BCUT2D eigenvalue weighted by Gasteiger charge is 2.81. The fraction of sp³-hybridized carbons (Fsp3) is 0.750. The number of rotatable bonds is 0. The highest BCUT2D eigenvalue weighted by molar-refractivity contribution is 7.87. The molecule has 3 atom stereocenters. The quantitative estimate of drug-likeness (QED) is 0.485. The number of alkyl halides is 6. The Morgan fingerprint density at radius 3 is 1.81 bits per heavy atom. The van der Waals surface area contributed by atoms with Gasteiger partial charge in [0.15, 0.2) is 0 Å². The average molecular weight is 264 g/mol. The molecule has 1 unspecified atom stereocenters. The summed E-state index contributed by atoms with van der Waals surface area (Å²) in [6.07, 6.45) is -9.37. The first-order valence-electron chi connectivity index (χ1n) is 4.35. The Morgan fingerprint density at radius 1 is 1.06 bits per heavy atom. The van der Waals surface area contributed by atoms with Crippen molar-refractivity contribution >= 4 is 10.8 Å². The number of hydrogen-bond acceptors (Lipinski definition) is 1. The van der Waals surface area contributed by atoms with Gasteiger partial charge in [-0.1, -0.05) is 12.2 Å². The predicted octanol–water partition coefficient (Wildman–Crippen LogP) is 2.56. The zero-order valence-electron chi connectivity index (χ0n) is 7.60. The van der Waals surface area contributed by atoms with Gasteiger partial charge >= 0.3 is 12.4 Å². The van der Waals surface area contributed by atoms with Gasteiger partial charge in [0.25, 0.3) is 0 Å². The fourth-order valence-electron chi connectivity index (χ4n) is 2.32. The molecule has 1 fully saturated rings. The van der Waals surface area contributed by atoms with Crippen LogP contribution in [-0.2, 0) is 10.8 Å². The molecule has 2 aliphatic rings. The third-order valence-electron chi connectivity index (χ3n) is 3.00. The van der Waals surface area contributed by atoms with Crippen molar-refractivity contribution < 1.29 is 30.6 Å². The molecule has 8 heteroatoms. The molecule has 0 saturated carbocycles. The van der Waals surface area contributed by atoms with Crippen LogP contribution in [0.5, 0.6) is 0 Å². The maximum atomic E-state index is 12.7. The average Bonchev–Trinajstić information content (AvgIpc) is 2.57. The van der Waals surface area contributed by atoms with Crippen molar-refractivity contribution in [1.29, 1.82) is 0 Å². The molecule has 92 valence electrons. The summed E-state index contributed by atoms with van der Waals surface area (Å²) in [6, 6.07) is 0. The van der Waals surface area contributed by atoms with Crippen molar-refractivity contribution in [3.05, 3.63) is 12.2 Å². The maximum absolute atomic E-state index is 12.7. The van der Waals surface area contributed by atoms with Crippen LogP contribution >= 0.6 is 0 Å². The zero-order valence-corrected chi connectivity index (χ0v) is 8.42. The number of hydrogen-bond donors (Lipinski definition) is 0. The van der Waals surface area contributed by atoms with Crippen LogP contribution in [0.2, 0.25) is 0 Å². The molecule has 1 nitrogen and oxygen atoms in total. The molecule has 16 heavy (non-hydrogen) atoms. The van der Waals surface area contributed by atoms with Crippen molar-refractivity contribution in [2.45, 2.75) is 28.8 Å². The van der Waals surface area contributed by atoms with Gasteiger partial charge in [-0.15, -0.1) is 0 Å². The summed E-state index contributed by atoms with van der Waals surface area (Å²) < 4.78 is 83.4. The Balaban J connectivity index is 2.62. The molecule has 1 heterocycles. The molecular weight excluding hydrogens is 258 g/mol. The Morgan fingerprint density at radius 2 is 1.56 bits per heavy atom. The monoisotopic (exact) mass is 264 g/mol. The lowest BCUT2D eigenvalue weighted by molar-refractivity contribution is -0.273. The van der Waals surface area contributed by atoms with E-state index in [9.17, 15) is 30.6 Å². The van der Waals surface area contributed by atoms with Crippen molar-refractivity contribution in [2.75, 3.05) is 0 Å². The molecule has 0 aromatic rings. The molecule has 1 aliphatic heterocycles. The van der Waals surface area contributed by atoms with E-state index in [1.165, 1.54) is 6.08 Å². The summed E-state index contributed by atoms with van der Waals surface area (Å²) in [5.74, 6) is -1.75. The summed E-state index contributed by atoms with van der Waals surface area (Å²) in [7, 11) is -2.98. The summed E-state index contributed by atoms with van der Waals surface area (Å²) in [5.41, 5.74) is 0. The molecule has 2 rings (SSSR count). The van der Waals surface area contributed by atoms with Crippen LogP contribution in [0.3, 0.4) is 0 Å². The van der Waals surface area contributed by atoms with E-state index in [1.54, 1.807) is 0 Å². The second-order valence-corrected chi connectivity index (χ2v) is 5.64. The third-order valence-corrected chi connectivity index (χ3v) is 5.30. The highest BCUT2D eigenvalue weighted by Crippen LogP contribution is 2.60. The topological polar surface area (TPSA) is 17.1 Å². The predicted molar refractivity (Wildman–Crippen MR) is 44.0 cm³/mol. The summed E-state index contributed by atoms with van der Waals surface area (Å²) in [4.78, 5) is 0. The summed E-state index contributed by atoms with van der Waals surface area (Å²) in [5, 5.41) is -1.13. The number of fused-ring (bicyclic) bond motifs is 2. The molecule has 2 bridgehead atoms. The lowest BCUT2D eigenvalue weighted by Crippen LogP contribution is -2.62. The van der Waals surface area contributed by atoms with Crippen LogP contribution in [0.4, 0.5) is 26.3 Å². The van der Waals surface area contributed by atoms with Gasteiger partial charge in [-0.2, -0.15) is 26.3 Å². The molecule has 0 spiro atoms. The largest absolute Gasteiger partial charge is 0.415 e. The Hall–Kier alpha value is -0.530. The molecule has 0 aromatic carbocycles. The molecule has 1 aliphatic carbocycles. The van der Waals surface area contributed by atoms with Crippen molar-refractivity contribution in [3.63, 3.8) is 0 Å². The van der Waals surface area contributed by atoms with Gasteiger partial charge in [0.2, 0.25) is 4.75 Å². The van der Waals surface area contributed by atoms with E-state index in [1.807, 2.05) is 0 Å². The SMILES string of the molecule is O=S1[C@H]2C=C[C@H](C2)C1(C(F)(F)F)C(F)(F)F. The Bertz CT molecular complexity index is 354. The first-order valence-corrected chi connectivity index (χ1v) is 5.56. The van der Waals surface area contributed by atoms with E-state index in [-0.39, 0.29) is 6.42 Å². The Kier molecular flexibility index (Phi) is 2.26. The summed E-state index contributed by atoms with van der Waals surface area (Å²) in [6.45, 7) is 0. The van der Waals surface area contributed by atoms with E-state index >= 15 is 0 Å². The van der Waals surface area contributed by atoms with Crippen molar-refractivity contribution in [2.24, 2.45) is 5.92 Å². The van der Waals surface area contributed by atoms with E-state index in [0.717, 1.165) is 6.08 Å². The number of allylic oxidation sites excluding steroid dienone is 1. The smallest absolute Gasteiger partial charge is 0.258 e. The molecule has 0 radical (unpaired) electrons. The highest BCUT2D eigenvalue weighted by atomic mass is 32.2. The van der Waals surface area contributed by atoms with Gasteiger partial charge in [0, 0.05) is 5.92 Å². The van der Waals surface area contributed by atoms with Gasteiger partial charge in [0.05, 0.1) is 16.0 Å². The van der Waals surface area contributed by atoms with E-state index < -0.39 is 39.1 Å². The zero-order chi connectivity index (χ0) is 12.4. The lowest BCUT2D eigenvalue weighted by Gasteiger charge is -2.37. The third kappa shape index (κ3) is 1.16. The van der Waals surface area contributed by atoms with E-state index in [0.29, 0.717) is 0 Å². The van der Waals surface area contributed by atoms with E-state index in [4.69, 9.17) is 0 Å². The molecule has 0 aromatic heterocycles. The van der Waals surface area contributed by atoms with Crippen LogP contribution in [0.15, 0.2) is 12.2 Å². The van der Waals surface area contributed by atoms with Gasteiger partial charge < -0.3 is 0 Å². The molecule has 0 amide bonds. The van der Waals surface area contributed by atoms with Crippen LogP contribution in [0, 0.1) is 5.92 Å². The van der Waals surface area contributed by atoms with Crippen LogP contribution in [0.25, 0.3) is 0 Å². The van der Waals surface area contributed by atoms with Gasteiger partial charge in [-0.3, -0.25) is 4.21 Å². The second-order valence-electron chi connectivity index (χ2n) is 3.79. The van der Waals surface area contributed by atoms with Crippen LogP contribution < -0.4 is 0 Å². The van der Waals surface area contributed by atoms with E-state index in [2.05, 4.69) is 0 Å². The minimum Gasteiger partial charge on any atom is -0.258 e. The molecule has 1 saturated heterocycles. The first-order chi connectivity index (χ1) is 7.12.